The fourth-order valence-electron chi connectivity index (χ4n) is 1.65. The molecule has 0 aromatic rings. The third-order valence-corrected chi connectivity index (χ3v) is 4.21. The third kappa shape index (κ3) is 4.45. The van der Waals surface area contributed by atoms with Crippen LogP contribution < -0.4 is 11.1 Å². The largest absolute Gasteiger partial charge is 0.402 e. The minimum absolute atomic E-state index is 0.0169. The Morgan fingerprint density at radius 1 is 1.24 bits per heavy atom. The van der Waals surface area contributed by atoms with Crippen molar-refractivity contribution >= 4 is 0 Å². The van der Waals surface area contributed by atoms with E-state index in [9.17, 15) is 0 Å². The summed E-state index contributed by atoms with van der Waals surface area (Å²) < 4.78 is 0. The zero-order chi connectivity index (χ0) is 13.9. The van der Waals surface area contributed by atoms with Crippen molar-refractivity contribution in [1.29, 1.82) is 0 Å². The van der Waals surface area contributed by atoms with E-state index in [0.717, 1.165) is 18.5 Å². The number of allylic oxidation sites excluding steroid dienone is 2. The smallest absolute Gasteiger partial charge is 0.0365 e. The van der Waals surface area contributed by atoms with Gasteiger partial charge in [0, 0.05) is 22.9 Å². The molecule has 0 aromatic carbocycles. The molecule has 1 unspecified atom stereocenters. The molecule has 0 aliphatic rings. The molecular weight excluding hydrogens is 208 g/mol. The van der Waals surface area contributed by atoms with Crippen LogP contribution in [0.25, 0.3) is 0 Å². The molecule has 0 saturated carbocycles. The molecule has 1 atom stereocenters. The van der Waals surface area contributed by atoms with Crippen molar-refractivity contribution in [2.24, 2.45) is 17.1 Å². The van der Waals surface area contributed by atoms with Crippen molar-refractivity contribution in [2.75, 3.05) is 0 Å². The monoisotopic (exact) mass is 238 g/mol. The van der Waals surface area contributed by atoms with E-state index in [0.29, 0.717) is 11.6 Å². The van der Waals surface area contributed by atoms with Crippen molar-refractivity contribution < 1.29 is 0 Å². The van der Waals surface area contributed by atoms with E-state index in [1.165, 1.54) is 0 Å². The summed E-state index contributed by atoms with van der Waals surface area (Å²) in [5.41, 5.74) is 7.64. The first-order valence-corrected chi connectivity index (χ1v) is 6.43. The van der Waals surface area contributed by atoms with Gasteiger partial charge in [0.1, 0.15) is 0 Å². The van der Waals surface area contributed by atoms with Gasteiger partial charge in [-0.1, -0.05) is 40.9 Å². The Morgan fingerprint density at radius 3 is 2.06 bits per heavy atom. The molecule has 0 radical (unpaired) electrons. The normalized spacial score (nSPS) is 14.2. The van der Waals surface area contributed by atoms with Gasteiger partial charge < -0.3 is 11.1 Å². The van der Waals surface area contributed by atoms with Crippen LogP contribution >= 0.6 is 0 Å². The molecule has 0 spiro atoms. The first kappa shape index (κ1) is 16.1. The second kappa shape index (κ2) is 5.61. The van der Waals surface area contributed by atoms with Crippen molar-refractivity contribution in [2.45, 2.75) is 59.9 Å². The molecule has 0 rings (SSSR count). The lowest BCUT2D eigenvalue weighted by Crippen LogP contribution is -2.51. The Morgan fingerprint density at radius 2 is 1.71 bits per heavy atom. The number of hydrogen-bond acceptors (Lipinski definition) is 2. The first-order valence-electron chi connectivity index (χ1n) is 6.43. The van der Waals surface area contributed by atoms with E-state index in [4.69, 9.17) is 5.73 Å². The number of hydrogen-bond donors (Lipinski definition) is 2. The van der Waals surface area contributed by atoms with E-state index < -0.39 is 0 Å². The van der Waals surface area contributed by atoms with Crippen molar-refractivity contribution in [1.82, 2.24) is 5.32 Å². The van der Waals surface area contributed by atoms with Gasteiger partial charge in [-0.15, -0.1) is 0 Å². The van der Waals surface area contributed by atoms with Crippen LogP contribution in [0, 0.1) is 11.3 Å². The van der Waals surface area contributed by atoms with Crippen molar-refractivity contribution in [3.05, 3.63) is 24.6 Å². The maximum atomic E-state index is 5.64. The maximum absolute atomic E-state index is 5.64. The average molecular weight is 238 g/mol. The number of rotatable bonds is 7. The van der Waals surface area contributed by atoms with E-state index in [-0.39, 0.29) is 11.0 Å². The van der Waals surface area contributed by atoms with Gasteiger partial charge in [-0.05, 0) is 32.1 Å². The Labute approximate surface area is 107 Å². The van der Waals surface area contributed by atoms with E-state index in [1.807, 2.05) is 0 Å². The molecule has 0 amide bonds. The highest BCUT2D eigenvalue weighted by Crippen LogP contribution is 2.35. The summed E-state index contributed by atoms with van der Waals surface area (Å²) >= 11 is 0. The van der Waals surface area contributed by atoms with Crippen LogP contribution in [0.4, 0.5) is 0 Å². The Kier molecular flexibility index (Phi) is 5.31. The summed E-state index contributed by atoms with van der Waals surface area (Å²) in [5, 5.41) is 3.56. The SMILES string of the molecule is C=C(N)CC(C)C(=C)NC(C)(C)C(C)(C)CC. The van der Waals surface area contributed by atoms with Crippen molar-refractivity contribution in [3.8, 4) is 0 Å². The highest BCUT2D eigenvalue weighted by Gasteiger charge is 2.35. The van der Waals surface area contributed by atoms with Gasteiger partial charge in [-0.3, -0.25) is 0 Å². The van der Waals surface area contributed by atoms with Crippen molar-refractivity contribution in [3.63, 3.8) is 0 Å². The molecule has 0 fully saturated rings. The predicted molar refractivity (Wildman–Crippen MR) is 77.5 cm³/mol. The molecule has 17 heavy (non-hydrogen) atoms. The lowest BCUT2D eigenvalue weighted by Gasteiger charge is -2.44. The van der Waals surface area contributed by atoms with Gasteiger partial charge in [0.15, 0.2) is 0 Å². The number of nitrogens with one attached hydrogen (secondary N) is 1. The molecule has 0 heterocycles. The van der Waals surface area contributed by atoms with E-state index >= 15 is 0 Å². The van der Waals surface area contributed by atoms with Crippen LogP contribution in [-0.4, -0.2) is 5.54 Å². The van der Waals surface area contributed by atoms with Crippen LogP contribution in [0.5, 0.6) is 0 Å². The molecule has 2 nitrogen and oxygen atoms in total. The zero-order valence-electron chi connectivity index (χ0n) is 12.5. The predicted octanol–water partition coefficient (Wildman–Crippen LogP) is 3.80. The van der Waals surface area contributed by atoms with Gasteiger partial charge >= 0.3 is 0 Å². The fraction of sp³-hybridized carbons (Fsp3) is 0.733. The standard InChI is InChI=1S/C15H30N2/c1-9-14(5,6)15(7,8)17-13(4)11(2)10-12(3)16/h11,17H,3-4,9-10,16H2,1-2,5-8H3. The average Bonchev–Trinajstić information content (AvgIpc) is 2.15. The Balaban J connectivity index is 4.62. The quantitative estimate of drug-likeness (QED) is 0.708. The van der Waals surface area contributed by atoms with E-state index in [1.54, 1.807) is 0 Å². The zero-order valence-corrected chi connectivity index (χ0v) is 12.5. The van der Waals surface area contributed by atoms with Crippen LogP contribution in [0.15, 0.2) is 24.6 Å². The van der Waals surface area contributed by atoms with Gasteiger partial charge in [0.2, 0.25) is 0 Å². The first-order chi connectivity index (χ1) is 7.53. The summed E-state index contributed by atoms with van der Waals surface area (Å²) in [6, 6.07) is 0. The molecule has 0 aliphatic carbocycles. The van der Waals surface area contributed by atoms with E-state index in [2.05, 4.69) is 60.0 Å². The van der Waals surface area contributed by atoms with Crippen LogP contribution in [0.1, 0.15) is 54.4 Å². The van der Waals surface area contributed by atoms with Crippen LogP contribution in [0.2, 0.25) is 0 Å². The Bertz CT molecular complexity index is 287. The summed E-state index contributed by atoms with van der Waals surface area (Å²) in [4.78, 5) is 0. The molecule has 0 bridgehead atoms. The molecule has 0 saturated heterocycles. The molecular formula is C15H30N2. The second-order valence-corrected chi connectivity index (χ2v) is 6.28. The molecule has 3 N–H and O–H groups in total. The highest BCUT2D eigenvalue weighted by atomic mass is 15.0. The molecule has 100 valence electrons. The van der Waals surface area contributed by atoms with Gasteiger partial charge in [-0.2, -0.15) is 0 Å². The summed E-state index contributed by atoms with van der Waals surface area (Å²) in [6.45, 7) is 21.2. The van der Waals surface area contributed by atoms with Gasteiger partial charge in [-0.25, -0.2) is 0 Å². The van der Waals surface area contributed by atoms with Crippen LogP contribution in [0.3, 0.4) is 0 Å². The second-order valence-electron chi connectivity index (χ2n) is 6.28. The summed E-state index contributed by atoms with van der Waals surface area (Å²) in [5.74, 6) is 0.319. The minimum Gasteiger partial charge on any atom is -0.402 e. The number of nitrogens with two attached hydrogens (primary N) is 1. The summed E-state index contributed by atoms with van der Waals surface area (Å²) in [6.07, 6.45) is 1.91. The lowest BCUT2D eigenvalue weighted by molar-refractivity contribution is 0.156. The molecule has 0 aliphatic heterocycles. The minimum atomic E-state index is 0.0169. The van der Waals surface area contributed by atoms with Gasteiger partial charge in [0.05, 0.1) is 0 Å². The maximum Gasteiger partial charge on any atom is 0.0365 e. The fourth-order valence-corrected chi connectivity index (χ4v) is 1.65. The topological polar surface area (TPSA) is 38.0 Å². The Hall–Kier alpha value is -0.920. The highest BCUT2D eigenvalue weighted by molar-refractivity contribution is 5.08. The van der Waals surface area contributed by atoms with Crippen LogP contribution in [-0.2, 0) is 0 Å². The molecule has 2 heteroatoms. The lowest BCUT2D eigenvalue weighted by atomic mass is 9.72. The summed E-state index contributed by atoms with van der Waals surface area (Å²) in [7, 11) is 0. The molecule has 0 aromatic heterocycles. The third-order valence-electron chi connectivity index (χ3n) is 4.21. The van der Waals surface area contributed by atoms with Gasteiger partial charge in [0.25, 0.3) is 0 Å².